The first-order valence-electron chi connectivity index (χ1n) is 9.72. The lowest BCUT2D eigenvalue weighted by atomic mass is 10.1. The number of aromatic nitrogens is 2. The van der Waals surface area contributed by atoms with Crippen LogP contribution in [0.3, 0.4) is 0 Å². The van der Waals surface area contributed by atoms with Crippen LogP contribution in [0.2, 0.25) is 0 Å². The van der Waals surface area contributed by atoms with Gasteiger partial charge in [0.15, 0.2) is 5.88 Å². The summed E-state index contributed by atoms with van der Waals surface area (Å²) in [5.74, 6) is 2.62. The lowest BCUT2D eigenvalue weighted by Crippen LogP contribution is -2.15. The Kier molecular flexibility index (Phi) is 7.43. The molecule has 7 nitrogen and oxygen atoms in total. The van der Waals surface area contributed by atoms with E-state index in [4.69, 9.17) is 15.9 Å². The highest BCUT2D eigenvalue weighted by molar-refractivity contribution is 6.05. The van der Waals surface area contributed by atoms with Crippen LogP contribution in [0.1, 0.15) is 16.8 Å². The van der Waals surface area contributed by atoms with Gasteiger partial charge in [0.2, 0.25) is 0 Å². The number of hydrogen-bond acceptors (Lipinski definition) is 7. The molecule has 0 saturated heterocycles. The number of ether oxygens (including phenoxy) is 1. The summed E-state index contributed by atoms with van der Waals surface area (Å²) in [6.45, 7) is 0.556. The van der Waals surface area contributed by atoms with Gasteiger partial charge in [0.1, 0.15) is 11.7 Å². The maximum absolute atomic E-state index is 10.8. The molecule has 0 unspecified atom stereocenters. The Balaban J connectivity index is 1.97. The third-order valence-electron chi connectivity index (χ3n) is 4.45. The second-order valence-electron chi connectivity index (χ2n) is 6.60. The van der Waals surface area contributed by atoms with E-state index in [9.17, 15) is 4.79 Å². The molecule has 156 valence electrons. The second kappa shape index (κ2) is 10.6. The number of nitrogens with one attached hydrogen (secondary N) is 2. The Morgan fingerprint density at radius 3 is 2.74 bits per heavy atom. The summed E-state index contributed by atoms with van der Waals surface area (Å²) in [6.07, 6.45) is 7.04. The van der Waals surface area contributed by atoms with Crippen molar-refractivity contribution in [2.24, 2.45) is 5.73 Å². The molecular formula is C24H23N5O2. The third-order valence-corrected chi connectivity index (χ3v) is 4.45. The van der Waals surface area contributed by atoms with E-state index in [0.29, 0.717) is 35.1 Å². The fourth-order valence-corrected chi connectivity index (χ4v) is 2.89. The minimum atomic E-state index is 0.194. The lowest BCUT2D eigenvalue weighted by molar-refractivity contribution is 0.394. The summed E-state index contributed by atoms with van der Waals surface area (Å²) in [4.78, 5) is 19.5. The van der Waals surface area contributed by atoms with Gasteiger partial charge < -0.3 is 15.8 Å². The summed E-state index contributed by atoms with van der Waals surface area (Å²) in [5, 5.41) is 11.2. The van der Waals surface area contributed by atoms with E-state index < -0.39 is 0 Å². The molecule has 0 spiro atoms. The Morgan fingerprint density at radius 2 is 2.10 bits per heavy atom. The van der Waals surface area contributed by atoms with Crippen LogP contribution in [0.5, 0.6) is 5.75 Å². The number of pyridine rings is 2. The summed E-state index contributed by atoms with van der Waals surface area (Å²) in [7, 11) is 1.70. The normalized spacial score (nSPS) is 10.8. The van der Waals surface area contributed by atoms with E-state index in [1.807, 2.05) is 24.3 Å². The number of benzene rings is 1. The van der Waals surface area contributed by atoms with Gasteiger partial charge >= 0.3 is 0 Å². The molecule has 0 aliphatic heterocycles. The van der Waals surface area contributed by atoms with E-state index in [1.165, 1.54) is 6.08 Å². The average Bonchev–Trinajstić information content (AvgIpc) is 2.80. The molecule has 3 rings (SSSR count). The molecular weight excluding hydrogens is 390 g/mol. The summed E-state index contributed by atoms with van der Waals surface area (Å²) < 4.78 is 6.08. The molecule has 0 radical (unpaired) electrons. The molecule has 0 fully saturated rings. The van der Waals surface area contributed by atoms with Crippen LogP contribution in [0, 0.1) is 5.41 Å². The van der Waals surface area contributed by atoms with E-state index in [2.05, 4.69) is 15.3 Å². The minimum Gasteiger partial charge on any atom is -0.441 e. The maximum Gasteiger partial charge on any atom is 0.195 e. The van der Waals surface area contributed by atoms with Gasteiger partial charge in [0.05, 0.1) is 17.1 Å². The highest BCUT2D eigenvalue weighted by Gasteiger charge is 2.12. The minimum absolute atomic E-state index is 0.194. The first-order chi connectivity index (χ1) is 15.1. The SMILES string of the molecule is CN/C(=C\C(=N)c1ccccn1)Oc1cc(C=C=O)ccc1-c1ccc(CCN)cn1. The van der Waals surface area contributed by atoms with Crippen LogP contribution in [0.4, 0.5) is 0 Å². The van der Waals surface area contributed by atoms with E-state index >= 15 is 0 Å². The molecule has 7 heteroatoms. The largest absolute Gasteiger partial charge is 0.441 e. The molecule has 0 amide bonds. The van der Waals surface area contributed by atoms with Crippen molar-refractivity contribution in [2.75, 3.05) is 13.6 Å². The molecule has 2 heterocycles. The van der Waals surface area contributed by atoms with Gasteiger partial charge in [-0.2, -0.15) is 0 Å². The first kappa shape index (κ1) is 21.6. The zero-order chi connectivity index (χ0) is 22.1. The van der Waals surface area contributed by atoms with Gasteiger partial charge in [-0.15, -0.1) is 0 Å². The highest BCUT2D eigenvalue weighted by atomic mass is 16.5. The number of carbonyl (C=O) groups excluding carboxylic acids is 1. The predicted octanol–water partition coefficient (Wildman–Crippen LogP) is 3.00. The molecule has 1 aromatic carbocycles. The Hall–Kier alpha value is -4.06. The Bertz CT molecular complexity index is 1120. The van der Waals surface area contributed by atoms with Gasteiger partial charge in [-0.25, -0.2) is 4.79 Å². The number of rotatable bonds is 9. The quantitative estimate of drug-likeness (QED) is 0.282. The van der Waals surface area contributed by atoms with Crippen LogP contribution in [0.25, 0.3) is 17.3 Å². The van der Waals surface area contributed by atoms with Gasteiger partial charge in [0, 0.05) is 37.2 Å². The molecule has 4 N–H and O–H groups in total. The van der Waals surface area contributed by atoms with Gasteiger partial charge in [-0.1, -0.05) is 18.2 Å². The average molecular weight is 413 g/mol. The van der Waals surface area contributed by atoms with Crippen LogP contribution in [-0.2, 0) is 11.2 Å². The molecule has 0 atom stereocenters. The first-order valence-corrected chi connectivity index (χ1v) is 9.72. The van der Waals surface area contributed by atoms with Crippen LogP contribution >= 0.6 is 0 Å². The van der Waals surface area contributed by atoms with Crippen molar-refractivity contribution in [3.63, 3.8) is 0 Å². The van der Waals surface area contributed by atoms with Gasteiger partial charge in [0.25, 0.3) is 0 Å². The number of nitrogens with zero attached hydrogens (tertiary/aromatic N) is 2. The van der Waals surface area contributed by atoms with Crippen LogP contribution in [0.15, 0.2) is 72.9 Å². The van der Waals surface area contributed by atoms with E-state index in [1.54, 1.807) is 55.7 Å². The fourth-order valence-electron chi connectivity index (χ4n) is 2.89. The second-order valence-corrected chi connectivity index (χ2v) is 6.60. The van der Waals surface area contributed by atoms with Gasteiger partial charge in [-0.05, 0) is 54.4 Å². The summed E-state index contributed by atoms with van der Waals surface area (Å²) in [5.41, 5.74) is 9.48. The highest BCUT2D eigenvalue weighted by Crippen LogP contribution is 2.31. The zero-order valence-corrected chi connectivity index (χ0v) is 17.1. The smallest absolute Gasteiger partial charge is 0.195 e. The van der Waals surface area contributed by atoms with Crippen molar-refractivity contribution < 1.29 is 9.53 Å². The van der Waals surface area contributed by atoms with Crippen molar-refractivity contribution in [1.82, 2.24) is 15.3 Å². The van der Waals surface area contributed by atoms with Crippen molar-refractivity contribution in [3.05, 3.63) is 89.7 Å². The monoisotopic (exact) mass is 413 g/mol. The van der Waals surface area contributed by atoms with Crippen molar-refractivity contribution >= 4 is 17.7 Å². The third kappa shape index (κ3) is 5.73. The van der Waals surface area contributed by atoms with E-state index in [-0.39, 0.29) is 5.71 Å². The predicted molar refractivity (Wildman–Crippen MR) is 121 cm³/mol. The summed E-state index contributed by atoms with van der Waals surface area (Å²) in [6, 6.07) is 14.6. The van der Waals surface area contributed by atoms with Crippen LogP contribution < -0.4 is 15.8 Å². The standard InChI is InChI=1S/C24H23N5O2/c1-27-24(15-20(26)22-4-2-3-12-28-22)31-23-14-17(10-13-30)5-7-19(23)21-8-6-18(9-11-25)16-29-21/h2-8,10,12,14-16,26-27H,9,11,25H2,1H3/b24-15+,26-20?. The zero-order valence-electron chi connectivity index (χ0n) is 17.1. The molecule has 31 heavy (non-hydrogen) atoms. The maximum atomic E-state index is 10.8. The number of nitrogens with two attached hydrogens (primary N) is 1. The van der Waals surface area contributed by atoms with Crippen LogP contribution in [-0.4, -0.2) is 35.2 Å². The number of hydrogen-bond donors (Lipinski definition) is 3. The van der Waals surface area contributed by atoms with E-state index in [0.717, 1.165) is 17.5 Å². The molecule has 2 aromatic heterocycles. The number of allylic oxidation sites excluding steroid dienone is 1. The molecule has 0 aliphatic rings. The Morgan fingerprint density at radius 1 is 1.23 bits per heavy atom. The van der Waals surface area contributed by atoms with Crippen molar-refractivity contribution in [1.29, 1.82) is 5.41 Å². The summed E-state index contributed by atoms with van der Waals surface area (Å²) >= 11 is 0. The molecule has 0 aliphatic carbocycles. The molecule has 0 bridgehead atoms. The van der Waals surface area contributed by atoms with Crippen molar-refractivity contribution in [2.45, 2.75) is 6.42 Å². The van der Waals surface area contributed by atoms with Gasteiger partial charge in [-0.3, -0.25) is 15.4 Å². The topological polar surface area (TPSA) is 114 Å². The lowest BCUT2D eigenvalue weighted by Gasteiger charge is -2.14. The molecule has 3 aromatic rings. The molecule has 0 saturated carbocycles. The Labute approximate surface area is 180 Å². The van der Waals surface area contributed by atoms with Crippen molar-refractivity contribution in [3.8, 4) is 17.0 Å². The fraction of sp³-hybridized carbons (Fsp3) is 0.125.